The Morgan fingerprint density at radius 3 is 2.80 bits per heavy atom. The quantitative estimate of drug-likeness (QED) is 0.788. The molecular weight excluding hydrogens is 318 g/mol. The first-order chi connectivity index (χ1) is 12.1. The molecule has 3 atom stereocenters. The number of ether oxygens (including phenoxy) is 2. The lowest BCUT2D eigenvalue weighted by atomic mass is 9.96. The van der Waals surface area contributed by atoms with Gasteiger partial charge in [-0.1, -0.05) is 18.2 Å². The smallest absolute Gasteiger partial charge is 0.309 e. The Balaban J connectivity index is 1.48. The molecule has 0 unspecified atom stereocenters. The van der Waals surface area contributed by atoms with Crippen molar-refractivity contribution in [1.82, 2.24) is 4.90 Å². The van der Waals surface area contributed by atoms with Crippen molar-refractivity contribution in [1.29, 1.82) is 0 Å². The van der Waals surface area contributed by atoms with Crippen molar-refractivity contribution in [2.75, 3.05) is 26.3 Å². The molecule has 0 aromatic heterocycles. The van der Waals surface area contributed by atoms with Crippen molar-refractivity contribution in [3.63, 3.8) is 0 Å². The molecule has 5 nitrogen and oxygen atoms in total. The lowest BCUT2D eigenvalue weighted by Gasteiger charge is -2.33. The van der Waals surface area contributed by atoms with Crippen molar-refractivity contribution in [3.05, 3.63) is 35.9 Å². The largest absolute Gasteiger partial charge is 0.465 e. The molecule has 2 saturated heterocycles. The second-order valence-corrected chi connectivity index (χ2v) is 7.16. The molecule has 2 aliphatic rings. The van der Waals surface area contributed by atoms with Gasteiger partial charge in [-0.15, -0.1) is 0 Å². The Bertz CT molecular complexity index is 589. The first-order valence-electron chi connectivity index (χ1n) is 9.26. The predicted octanol–water partition coefficient (Wildman–Crippen LogP) is 2.90. The van der Waals surface area contributed by atoms with Gasteiger partial charge in [0.05, 0.1) is 18.6 Å². The van der Waals surface area contributed by atoms with Gasteiger partial charge in [0.1, 0.15) is 0 Å². The van der Waals surface area contributed by atoms with E-state index in [-0.39, 0.29) is 29.8 Å². The molecule has 0 spiro atoms. The van der Waals surface area contributed by atoms with E-state index in [9.17, 15) is 9.59 Å². The summed E-state index contributed by atoms with van der Waals surface area (Å²) in [6.45, 7) is 4.46. The van der Waals surface area contributed by atoms with E-state index in [0.29, 0.717) is 19.8 Å². The molecule has 25 heavy (non-hydrogen) atoms. The highest BCUT2D eigenvalue weighted by molar-refractivity contribution is 5.94. The second-order valence-electron chi connectivity index (χ2n) is 7.16. The molecular formula is C20H27NO4. The highest BCUT2D eigenvalue weighted by Crippen LogP contribution is 2.23. The molecule has 2 fully saturated rings. The summed E-state index contributed by atoms with van der Waals surface area (Å²) in [6.07, 6.45) is 3.56. The number of likely N-dealkylation sites (tertiary alicyclic amines) is 1. The minimum atomic E-state index is -0.110. The number of nitrogens with zero attached hydrogens (tertiary/aromatic N) is 1. The average molecular weight is 345 g/mol. The Morgan fingerprint density at radius 1 is 1.24 bits per heavy atom. The topological polar surface area (TPSA) is 55.8 Å². The summed E-state index contributed by atoms with van der Waals surface area (Å²) in [4.78, 5) is 26.7. The van der Waals surface area contributed by atoms with Crippen LogP contribution >= 0.6 is 0 Å². The van der Waals surface area contributed by atoms with Gasteiger partial charge in [-0.3, -0.25) is 9.59 Å². The second kappa shape index (κ2) is 8.48. The molecule has 1 aromatic carbocycles. The van der Waals surface area contributed by atoms with Crippen molar-refractivity contribution in [3.8, 4) is 0 Å². The molecule has 0 saturated carbocycles. The van der Waals surface area contributed by atoms with Crippen LogP contribution in [-0.4, -0.2) is 49.2 Å². The molecule has 0 aliphatic carbocycles. The van der Waals surface area contributed by atoms with Crippen LogP contribution in [0.15, 0.2) is 30.3 Å². The number of carbonyl (C=O) groups excluding carboxylic acids is 2. The van der Waals surface area contributed by atoms with Crippen LogP contribution in [0.4, 0.5) is 0 Å². The zero-order chi connectivity index (χ0) is 17.6. The fraction of sp³-hybridized carbons (Fsp3) is 0.600. The summed E-state index contributed by atoms with van der Waals surface area (Å²) >= 11 is 0. The molecule has 0 bridgehead atoms. The van der Waals surface area contributed by atoms with E-state index in [1.54, 1.807) is 0 Å². The number of rotatable bonds is 4. The summed E-state index contributed by atoms with van der Waals surface area (Å²) in [5.74, 6) is 0.133. The third kappa shape index (κ3) is 4.82. The van der Waals surface area contributed by atoms with Gasteiger partial charge in [-0.2, -0.15) is 0 Å². The molecule has 1 amide bonds. The maximum absolute atomic E-state index is 12.6. The highest BCUT2D eigenvalue weighted by atomic mass is 16.5. The first kappa shape index (κ1) is 17.9. The van der Waals surface area contributed by atoms with Crippen LogP contribution in [0.5, 0.6) is 0 Å². The van der Waals surface area contributed by atoms with Gasteiger partial charge >= 0.3 is 5.97 Å². The highest BCUT2D eigenvalue weighted by Gasteiger charge is 2.29. The van der Waals surface area contributed by atoms with Crippen LogP contribution < -0.4 is 0 Å². The van der Waals surface area contributed by atoms with Crippen LogP contribution in [0, 0.1) is 11.8 Å². The van der Waals surface area contributed by atoms with Gasteiger partial charge in [0, 0.05) is 31.2 Å². The molecule has 3 rings (SSSR count). The molecule has 5 heteroatoms. The maximum Gasteiger partial charge on any atom is 0.309 e. The fourth-order valence-corrected chi connectivity index (χ4v) is 3.68. The normalized spacial score (nSPS) is 26.9. The van der Waals surface area contributed by atoms with Crippen molar-refractivity contribution in [2.24, 2.45) is 11.8 Å². The predicted molar refractivity (Wildman–Crippen MR) is 94.2 cm³/mol. The Hall–Kier alpha value is -1.88. The molecule has 136 valence electrons. The Kier molecular flexibility index (Phi) is 6.08. The van der Waals surface area contributed by atoms with Crippen molar-refractivity contribution < 1.29 is 19.1 Å². The van der Waals surface area contributed by atoms with E-state index in [2.05, 4.69) is 0 Å². The average Bonchev–Trinajstić information content (AvgIpc) is 2.66. The number of amides is 1. The van der Waals surface area contributed by atoms with Crippen LogP contribution in [0.25, 0.3) is 0 Å². The summed E-state index contributed by atoms with van der Waals surface area (Å²) in [5.41, 5.74) is 0.719. The molecule has 0 radical (unpaired) electrons. The zero-order valence-corrected chi connectivity index (χ0v) is 14.9. The minimum Gasteiger partial charge on any atom is -0.465 e. The number of hydrogen-bond acceptors (Lipinski definition) is 4. The third-order valence-corrected chi connectivity index (χ3v) is 5.11. The van der Waals surface area contributed by atoms with Gasteiger partial charge < -0.3 is 14.4 Å². The molecule has 2 aliphatic heterocycles. The summed E-state index contributed by atoms with van der Waals surface area (Å²) in [5, 5.41) is 0. The number of benzene rings is 1. The van der Waals surface area contributed by atoms with Crippen molar-refractivity contribution >= 4 is 11.9 Å². The SMILES string of the molecule is C[C@@H]1C[C@@H](C(=O)OC[C@@H]2CCCN(C(=O)c3ccccc3)C2)CCO1. The third-order valence-electron chi connectivity index (χ3n) is 5.11. The van der Waals surface area contributed by atoms with E-state index in [1.165, 1.54) is 0 Å². The number of hydrogen-bond donors (Lipinski definition) is 0. The number of carbonyl (C=O) groups is 2. The fourth-order valence-electron chi connectivity index (χ4n) is 3.68. The summed E-state index contributed by atoms with van der Waals surface area (Å²) in [6, 6.07) is 9.36. The van der Waals surface area contributed by atoms with E-state index >= 15 is 0 Å². The number of esters is 1. The van der Waals surface area contributed by atoms with E-state index < -0.39 is 0 Å². The Morgan fingerprint density at radius 2 is 2.04 bits per heavy atom. The van der Waals surface area contributed by atoms with Crippen LogP contribution in [0.1, 0.15) is 43.0 Å². The molecule has 0 N–H and O–H groups in total. The van der Waals surface area contributed by atoms with Gasteiger partial charge in [-0.05, 0) is 44.7 Å². The minimum absolute atomic E-state index is 0.0469. The van der Waals surface area contributed by atoms with E-state index in [4.69, 9.17) is 9.47 Å². The standard InChI is InChI=1S/C20H27NO4/c1-15-12-18(9-11-24-15)20(23)25-14-16-6-5-10-21(13-16)19(22)17-7-3-2-4-8-17/h2-4,7-8,15-16,18H,5-6,9-14H2,1H3/t15-,16-,18+/m1/s1. The summed E-state index contributed by atoms with van der Waals surface area (Å²) < 4.78 is 11.1. The van der Waals surface area contributed by atoms with Crippen molar-refractivity contribution in [2.45, 2.75) is 38.7 Å². The van der Waals surface area contributed by atoms with Crippen LogP contribution in [0.2, 0.25) is 0 Å². The van der Waals surface area contributed by atoms with Crippen LogP contribution in [-0.2, 0) is 14.3 Å². The van der Waals surface area contributed by atoms with Gasteiger partial charge in [0.25, 0.3) is 5.91 Å². The summed E-state index contributed by atoms with van der Waals surface area (Å²) in [7, 11) is 0. The van der Waals surface area contributed by atoms with Gasteiger partial charge in [-0.25, -0.2) is 0 Å². The number of piperidine rings is 1. The monoisotopic (exact) mass is 345 g/mol. The zero-order valence-electron chi connectivity index (χ0n) is 14.9. The lowest BCUT2D eigenvalue weighted by Crippen LogP contribution is -2.41. The maximum atomic E-state index is 12.6. The van der Waals surface area contributed by atoms with Crippen LogP contribution in [0.3, 0.4) is 0 Å². The van der Waals surface area contributed by atoms with E-state index in [1.807, 2.05) is 42.2 Å². The first-order valence-corrected chi connectivity index (χ1v) is 9.26. The Labute approximate surface area is 149 Å². The lowest BCUT2D eigenvalue weighted by molar-refractivity contribution is -0.155. The van der Waals surface area contributed by atoms with Gasteiger partial charge in [0.2, 0.25) is 0 Å². The molecule has 2 heterocycles. The molecule has 1 aromatic rings. The van der Waals surface area contributed by atoms with E-state index in [0.717, 1.165) is 37.8 Å². The van der Waals surface area contributed by atoms with Gasteiger partial charge in [0.15, 0.2) is 0 Å².